The quantitative estimate of drug-likeness (QED) is 0.497. The lowest BCUT2D eigenvalue weighted by Crippen LogP contribution is -2.28. The largest absolute Gasteiger partial charge is 0.383 e. The second kappa shape index (κ2) is 11.6. The molecule has 0 fully saturated rings. The molecule has 0 aliphatic rings. The molecular weight excluding hydrogens is 430 g/mol. The molecule has 2 aromatic rings. The Hall–Kier alpha value is -2.90. The number of rotatable bonds is 9. The average molecular weight is 460 g/mol. The Morgan fingerprint density at radius 3 is 2.19 bits per heavy atom. The minimum atomic E-state index is -0.317. The van der Waals surface area contributed by atoms with Crippen molar-refractivity contribution in [3.63, 3.8) is 0 Å². The van der Waals surface area contributed by atoms with Crippen LogP contribution in [0.1, 0.15) is 53.5 Å². The van der Waals surface area contributed by atoms with Crippen molar-refractivity contribution in [1.29, 1.82) is 0 Å². The topological polar surface area (TPSA) is 96.5 Å². The summed E-state index contributed by atoms with van der Waals surface area (Å²) < 4.78 is 4.89. The summed E-state index contributed by atoms with van der Waals surface area (Å²) in [5.41, 5.74) is 2.49. The van der Waals surface area contributed by atoms with E-state index in [1.807, 2.05) is 12.1 Å². The first-order valence-corrected chi connectivity index (χ1v) is 10.7. The second-order valence-electron chi connectivity index (χ2n) is 8.32. The average Bonchev–Trinajstić information content (AvgIpc) is 2.73. The molecular formula is C24H30ClN3O4. The van der Waals surface area contributed by atoms with Crippen molar-refractivity contribution in [1.82, 2.24) is 10.6 Å². The maximum absolute atomic E-state index is 12.3. The summed E-state index contributed by atoms with van der Waals surface area (Å²) in [5.74, 6) is -0.824. The highest BCUT2D eigenvalue weighted by Gasteiger charge is 2.15. The Bertz CT molecular complexity index is 953. The molecule has 32 heavy (non-hydrogen) atoms. The molecule has 0 aromatic heterocycles. The lowest BCUT2D eigenvalue weighted by Gasteiger charge is -2.19. The van der Waals surface area contributed by atoms with Gasteiger partial charge in [0.25, 0.3) is 11.8 Å². The standard InChI is InChI=1S/C24H30ClN3O4/c1-24(2,3)17-7-5-16(6-8-17)22(30)26-12-11-21(29)28-18-9-10-19(20(25)15-18)23(31)27-13-14-32-4/h5-10,15H,11-14H2,1-4H3,(H,26,30)(H,27,31)(H,28,29). The van der Waals surface area contributed by atoms with Crippen molar-refractivity contribution in [3.8, 4) is 0 Å². The number of ether oxygens (including phenoxy) is 1. The van der Waals surface area contributed by atoms with Crippen LogP contribution in [-0.2, 0) is 14.9 Å². The summed E-state index contributed by atoms with van der Waals surface area (Å²) in [7, 11) is 1.55. The highest BCUT2D eigenvalue weighted by molar-refractivity contribution is 6.34. The minimum Gasteiger partial charge on any atom is -0.383 e. The van der Waals surface area contributed by atoms with E-state index in [4.69, 9.17) is 16.3 Å². The third kappa shape index (κ3) is 7.66. The fourth-order valence-corrected chi connectivity index (χ4v) is 3.14. The predicted molar refractivity (Wildman–Crippen MR) is 126 cm³/mol. The summed E-state index contributed by atoms with van der Waals surface area (Å²) in [6.45, 7) is 7.30. The molecule has 2 aromatic carbocycles. The Labute approximate surface area is 193 Å². The summed E-state index contributed by atoms with van der Waals surface area (Å²) in [5, 5.41) is 8.37. The molecule has 8 heteroatoms. The van der Waals surface area contributed by atoms with Gasteiger partial charge in [-0.15, -0.1) is 0 Å². The first kappa shape index (κ1) is 25.4. The Morgan fingerprint density at radius 1 is 0.938 bits per heavy atom. The van der Waals surface area contributed by atoms with Crippen molar-refractivity contribution in [2.45, 2.75) is 32.6 Å². The van der Waals surface area contributed by atoms with E-state index in [0.29, 0.717) is 30.0 Å². The van der Waals surface area contributed by atoms with Crippen LogP contribution in [0.25, 0.3) is 0 Å². The molecule has 0 spiro atoms. The van der Waals surface area contributed by atoms with Crippen molar-refractivity contribution < 1.29 is 19.1 Å². The molecule has 7 nitrogen and oxygen atoms in total. The number of benzene rings is 2. The molecule has 0 radical (unpaired) electrons. The summed E-state index contributed by atoms with van der Waals surface area (Å²) in [4.78, 5) is 36.6. The lowest BCUT2D eigenvalue weighted by molar-refractivity contribution is -0.116. The van der Waals surface area contributed by atoms with Crippen LogP contribution in [0.5, 0.6) is 0 Å². The zero-order valence-electron chi connectivity index (χ0n) is 18.9. The minimum absolute atomic E-state index is 0.0159. The summed E-state index contributed by atoms with van der Waals surface area (Å²) in [6.07, 6.45) is 0.0999. The Kier molecular flexibility index (Phi) is 9.23. The van der Waals surface area contributed by atoms with Crippen LogP contribution in [0, 0.1) is 0 Å². The molecule has 3 amide bonds. The van der Waals surface area contributed by atoms with Gasteiger partial charge in [0.1, 0.15) is 0 Å². The van der Waals surface area contributed by atoms with Crippen LogP contribution >= 0.6 is 11.6 Å². The van der Waals surface area contributed by atoms with Crippen molar-refractivity contribution in [2.24, 2.45) is 0 Å². The van der Waals surface area contributed by atoms with Gasteiger partial charge in [-0.2, -0.15) is 0 Å². The Balaban J connectivity index is 1.82. The third-order valence-electron chi connectivity index (χ3n) is 4.74. The molecule has 0 bridgehead atoms. The van der Waals surface area contributed by atoms with Crippen molar-refractivity contribution in [2.75, 3.05) is 32.1 Å². The SMILES string of the molecule is COCCNC(=O)c1ccc(NC(=O)CCNC(=O)c2ccc(C(C)(C)C)cc2)cc1Cl. The molecule has 3 N–H and O–H groups in total. The number of hydrogen-bond acceptors (Lipinski definition) is 4. The van der Waals surface area contributed by atoms with Crippen LogP contribution in [0.15, 0.2) is 42.5 Å². The number of methoxy groups -OCH3 is 1. The van der Waals surface area contributed by atoms with E-state index in [9.17, 15) is 14.4 Å². The molecule has 0 unspecified atom stereocenters. The number of nitrogens with one attached hydrogen (secondary N) is 3. The zero-order chi connectivity index (χ0) is 23.7. The number of anilines is 1. The van der Waals surface area contributed by atoms with Crippen LogP contribution in [0.4, 0.5) is 5.69 Å². The van der Waals surface area contributed by atoms with Gasteiger partial charge in [-0.1, -0.05) is 44.5 Å². The first-order chi connectivity index (χ1) is 15.1. The molecule has 0 atom stereocenters. The van der Waals surface area contributed by atoms with Crippen molar-refractivity contribution in [3.05, 3.63) is 64.2 Å². The van der Waals surface area contributed by atoms with Crippen LogP contribution in [0.3, 0.4) is 0 Å². The molecule has 172 valence electrons. The summed E-state index contributed by atoms with van der Waals surface area (Å²) in [6, 6.07) is 12.1. The van der Waals surface area contributed by atoms with E-state index >= 15 is 0 Å². The zero-order valence-corrected chi connectivity index (χ0v) is 19.6. The second-order valence-corrected chi connectivity index (χ2v) is 8.73. The van der Waals surface area contributed by atoms with Gasteiger partial charge in [0.2, 0.25) is 5.91 Å². The Morgan fingerprint density at radius 2 is 1.59 bits per heavy atom. The van der Waals surface area contributed by atoms with Gasteiger partial charge in [-0.3, -0.25) is 14.4 Å². The number of carbonyl (C=O) groups is 3. The molecule has 0 aliphatic carbocycles. The number of hydrogen-bond donors (Lipinski definition) is 3. The fourth-order valence-electron chi connectivity index (χ4n) is 2.88. The van der Waals surface area contributed by atoms with Gasteiger partial charge in [0, 0.05) is 37.9 Å². The van der Waals surface area contributed by atoms with E-state index in [0.717, 1.165) is 5.56 Å². The van der Waals surface area contributed by atoms with Crippen LogP contribution in [-0.4, -0.2) is 44.5 Å². The van der Waals surface area contributed by atoms with Crippen molar-refractivity contribution >= 4 is 35.0 Å². The van der Waals surface area contributed by atoms with Crippen LogP contribution in [0.2, 0.25) is 5.02 Å². The van der Waals surface area contributed by atoms with E-state index in [1.54, 1.807) is 31.4 Å². The number of carbonyl (C=O) groups excluding carboxylic acids is 3. The highest BCUT2D eigenvalue weighted by atomic mass is 35.5. The normalized spacial score (nSPS) is 11.0. The third-order valence-corrected chi connectivity index (χ3v) is 5.05. The van der Waals surface area contributed by atoms with Gasteiger partial charge in [0.15, 0.2) is 0 Å². The molecule has 0 saturated carbocycles. The summed E-state index contributed by atoms with van der Waals surface area (Å²) >= 11 is 6.17. The molecule has 0 saturated heterocycles. The maximum atomic E-state index is 12.3. The van der Waals surface area contributed by atoms with Crippen LogP contribution < -0.4 is 16.0 Å². The van der Waals surface area contributed by atoms with Gasteiger partial charge in [-0.25, -0.2) is 0 Å². The molecule has 2 rings (SSSR count). The lowest BCUT2D eigenvalue weighted by atomic mass is 9.87. The number of halogens is 1. The first-order valence-electron chi connectivity index (χ1n) is 10.4. The van der Waals surface area contributed by atoms with E-state index in [2.05, 4.69) is 36.7 Å². The van der Waals surface area contributed by atoms with E-state index in [-0.39, 0.29) is 41.1 Å². The molecule has 0 heterocycles. The molecule has 0 aliphatic heterocycles. The van der Waals surface area contributed by atoms with E-state index < -0.39 is 0 Å². The number of amides is 3. The van der Waals surface area contributed by atoms with Gasteiger partial charge in [-0.05, 0) is 41.3 Å². The monoisotopic (exact) mass is 459 g/mol. The predicted octanol–water partition coefficient (Wildman–Crippen LogP) is 3.77. The van der Waals surface area contributed by atoms with Gasteiger partial charge < -0.3 is 20.7 Å². The highest BCUT2D eigenvalue weighted by Crippen LogP contribution is 2.22. The fraction of sp³-hybridized carbons (Fsp3) is 0.375. The van der Waals surface area contributed by atoms with Gasteiger partial charge >= 0.3 is 0 Å². The van der Waals surface area contributed by atoms with E-state index in [1.165, 1.54) is 6.07 Å². The maximum Gasteiger partial charge on any atom is 0.252 e. The smallest absolute Gasteiger partial charge is 0.252 e. The van der Waals surface area contributed by atoms with Gasteiger partial charge in [0.05, 0.1) is 17.2 Å².